The number of hydrogen-bond donors (Lipinski definition) is 2. The second kappa shape index (κ2) is 10.4. The molecule has 5 nitrogen and oxygen atoms in total. The Hall–Kier alpha value is -1.59. The van der Waals surface area contributed by atoms with E-state index >= 15 is 0 Å². The van der Waals surface area contributed by atoms with Gasteiger partial charge in [-0.05, 0) is 62.9 Å². The summed E-state index contributed by atoms with van der Waals surface area (Å²) in [6.07, 6.45) is 5.07. The lowest BCUT2D eigenvalue weighted by molar-refractivity contribution is -0.123. The summed E-state index contributed by atoms with van der Waals surface area (Å²) in [6, 6.07) is 7.75. The minimum atomic E-state index is -0.196. The molecule has 0 aliphatic carbocycles. The average molecular weight is 366 g/mol. The number of likely N-dealkylation sites (tertiary alicyclic amines) is 1. The Bertz CT molecular complexity index is 562. The normalized spacial score (nSPS) is 18.0. The van der Waals surface area contributed by atoms with Gasteiger partial charge in [0.05, 0.1) is 5.92 Å². The smallest absolute Gasteiger partial charge is 0.221 e. The number of halogens is 1. The number of primary amides is 1. The maximum absolute atomic E-state index is 11.9. The number of aryl methyl sites for hydroxylation is 1. The number of rotatable bonds is 9. The van der Waals surface area contributed by atoms with Gasteiger partial charge in [-0.1, -0.05) is 23.7 Å². The van der Waals surface area contributed by atoms with Crippen molar-refractivity contribution in [3.05, 3.63) is 34.9 Å². The first kappa shape index (κ1) is 19.7. The van der Waals surface area contributed by atoms with Gasteiger partial charge in [-0.15, -0.1) is 0 Å². The number of nitrogens with zero attached hydrogens (tertiary/aromatic N) is 1. The van der Waals surface area contributed by atoms with Crippen molar-refractivity contribution in [2.45, 2.75) is 38.5 Å². The molecule has 1 saturated heterocycles. The highest BCUT2D eigenvalue weighted by atomic mass is 35.5. The number of amides is 2. The summed E-state index contributed by atoms with van der Waals surface area (Å²) >= 11 is 5.86. The first-order valence-electron chi connectivity index (χ1n) is 9.07. The SMILES string of the molecule is NC(=O)C1CCCN(CCCNC(=O)CCCc2ccc(Cl)cc2)C1. The third-order valence-electron chi connectivity index (χ3n) is 4.66. The first-order valence-corrected chi connectivity index (χ1v) is 9.45. The van der Waals surface area contributed by atoms with Gasteiger partial charge in [0.15, 0.2) is 0 Å². The van der Waals surface area contributed by atoms with E-state index in [-0.39, 0.29) is 17.7 Å². The summed E-state index contributed by atoms with van der Waals surface area (Å²) in [5.41, 5.74) is 6.59. The minimum absolute atomic E-state index is 0.0174. The standard InChI is InChI=1S/C19H28ClN3O2/c20-17-9-7-15(8-10-17)4-1-6-18(24)22-11-3-13-23-12-2-5-16(14-23)19(21)25/h7-10,16H,1-6,11-14H2,(H2,21,25)(H,22,24). The van der Waals surface area contributed by atoms with Gasteiger partial charge >= 0.3 is 0 Å². The van der Waals surface area contributed by atoms with Gasteiger partial charge in [0.2, 0.25) is 11.8 Å². The van der Waals surface area contributed by atoms with Crippen LogP contribution >= 0.6 is 11.6 Å². The average Bonchev–Trinajstić information content (AvgIpc) is 2.61. The lowest BCUT2D eigenvalue weighted by Crippen LogP contribution is -2.42. The van der Waals surface area contributed by atoms with E-state index in [2.05, 4.69) is 10.2 Å². The zero-order valence-electron chi connectivity index (χ0n) is 14.7. The lowest BCUT2D eigenvalue weighted by atomic mass is 9.97. The van der Waals surface area contributed by atoms with Crippen LogP contribution in [-0.4, -0.2) is 42.9 Å². The van der Waals surface area contributed by atoms with Crippen LogP contribution in [0.2, 0.25) is 5.02 Å². The summed E-state index contributed by atoms with van der Waals surface area (Å²) in [7, 11) is 0. The summed E-state index contributed by atoms with van der Waals surface area (Å²) in [5, 5.41) is 3.71. The van der Waals surface area contributed by atoms with E-state index < -0.39 is 0 Å². The lowest BCUT2D eigenvalue weighted by Gasteiger charge is -2.31. The molecule has 1 heterocycles. The fourth-order valence-electron chi connectivity index (χ4n) is 3.21. The van der Waals surface area contributed by atoms with Gasteiger partial charge in [0, 0.05) is 24.5 Å². The number of hydrogen-bond acceptors (Lipinski definition) is 3. The summed E-state index contributed by atoms with van der Waals surface area (Å²) in [5.74, 6) is -0.113. The molecular formula is C19H28ClN3O2. The zero-order chi connectivity index (χ0) is 18.1. The van der Waals surface area contributed by atoms with Crippen molar-refractivity contribution >= 4 is 23.4 Å². The Morgan fingerprint density at radius 2 is 2.00 bits per heavy atom. The van der Waals surface area contributed by atoms with Crippen LogP contribution in [0.15, 0.2) is 24.3 Å². The Balaban J connectivity index is 1.53. The highest BCUT2D eigenvalue weighted by molar-refractivity contribution is 6.30. The van der Waals surface area contributed by atoms with E-state index in [4.69, 9.17) is 17.3 Å². The molecule has 6 heteroatoms. The topological polar surface area (TPSA) is 75.4 Å². The van der Waals surface area contributed by atoms with Gasteiger partial charge in [-0.25, -0.2) is 0 Å². The molecule has 1 aliphatic rings. The molecule has 1 aliphatic heterocycles. The van der Waals surface area contributed by atoms with Gasteiger partial charge < -0.3 is 16.0 Å². The Labute approximate surface area is 154 Å². The zero-order valence-corrected chi connectivity index (χ0v) is 15.4. The second-order valence-electron chi connectivity index (χ2n) is 6.73. The molecule has 25 heavy (non-hydrogen) atoms. The highest BCUT2D eigenvalue weighted by Gasteiger charge is 2.23. The van der Waals surface area contributed by atoms with Crippen molar-refractivity contribution in [1.29, 1.82) is 0 Å². The van der Waals surface area contributed by atoms with E-state index in [0.29, 0.717) is 13.0 Å². The van der Waals surface area contributed by atoms with Crippen LogP contribution in [0.1, 0.15) is 37.7 Å². The van der Waals surface area contributed by atoms with Crippen LogP contribution in [-0.2, 0) is 16.0 Å². The second-order valence-corrected chi connectivity index (χ2v) is 7.16. The van der Waals surface area contributed by atoms with Crippen molar-refractivity contribution in [2.24, 2.45) is 11.7 Å². The first-order chi connectivity index (χ1) is 12.0. The molecule has 1 atom stereocenters. The Kier molecular flexibility index (Phi) is 8.22. The van der Waals surface area contributed by atoms with Crippen LogP contribution < -0.4 is 11.1 Å². The van der Waals surface area contributed by atoms with Crippen molar-refractivity contribution in [3.63, 3.8) is 0 Å². The molecule has 1 aromatic carbocycles. The molecule has 0 spiro atoms. The van der Waals surface area contributed by atoms with Crippen LogP contribution in [0.5, 0.6) is 0 Å². The molecule has 0 bridgehead atoms. The predicted molar refractivity (Wildman–Crippen MR) is 100 cm³/mol. The fourth-order valence-corrected chi connectivity index (χ4v) is 3.34. The molecule has 1 aromatic rings. The quantitative estimate of drug-likeness (QED) is 0.659. The monoisotopic (exact) mass is 365 g/mol. The molecule has 0 saturated carbocycles. The van der Waals surface area contributed by atoms with E-state index in [9.17, 15) is 9.59 Å². The van der Waals surface area contributed by atoms with Gasteiger partial charge in [0.25, 0.3) is 0 Å². The van der Waals surface area contributed by atoms with E-state index in [1.165, 1.54) is 5.56 Å². The van der Waals surface area contributed by atoms with Crippen molar-refractivity contribution in [2.75, 3.05) is 26.2 Å². The molecular weight excluding hydrogens is 338 g/mol. The number of nitrogens with two attached hydrogens (primary N) is 1. The van der Waals surface area contributed by atoms with E-state index in [0.717, 1.165) is 56.8 Å². The number of benzene rings is 1. The van der Waals surface area contributed by atoms with Gasteiger partial charge in [-0.3, -0.25) is 9.59 Å². The minimum Gasteiger partial charge on any atom is -0.369 e. The highest BCUT2D eigenvalue weighted by Crippen LogP contribution is 2.16. The van der Waals surface area contributed by atoms with Gasteiger partial charge in [-0.2, -0.15) is 0 Å². The third-order valence-corrected chi connectivity index (χ3v) is 4.92. The number of carbonyl (C=O) groups is 2. The largest absolute Gasteiger partial charge is 0.369 e. The molecule has 2 rings (SSSR count). The van der Waals surface area contributed by atoms with Crippen LogP contribution in [0.25, 0.3) is 0 Å². The summed E-state index contributed by atoms with van der Waals surface area (Å²) in [4.78, 5) is 25.4. The van der Waals surface area contributed by atoms with Gasteiger partial charge in [0.1, 0.15) is 0 Å². The van der Waals surface area contributed by atoms with Crippen LogP contribution in [0.3, 0.4) is 0 Å². The van der Waals surface area contributed by atoms with Crippen molar-refractivity contribution in [3.8, 4) is 0 Å². The van der Waals surface area contributed by atoms with Crippen LogP contribution in [0.4, 0.5) is 0 Å². The number of carbonyl (C=O) groups excluding carboxylic acids is 2. The fraction of sp³-hybridized carbons (Fsp3) is 0.579. The summed E-state index contributed by atoms with van der Waals surface area (Å²) < 4.78 is 0. The molecule has 2 amide bonds. The van der Waals surface area contributed by atoms with E-state index in [1.54, 1.807) is 0 Å². The maximum atomic E-state index is 11.9. The maximum Gasteiger partial charge on any atom is 0.221 e. The third kappa shape index (κ3) is 7.45. The van der Waals surface area contributed by atoms with Crippen molar-refractivity contribution in [1.82, 2.24) is 10.2 Å². The Morgan fingerprint density at radius 3 is 2.72 bits per heavy atom. The molecule has 0 aromatic heterocycles. The summed E-state index contributed by atoms with van der Waals surface area (Å²) in [6.45, 7) is 3.34. The molecule has 0 radical (unpaired) electrons. The molecule has 1 fully saturated rings. The molecule has 3 N–H and O–H groups in total. The molecule has 1 unspecified atom stereocenters. The van der Waals surface area contributed by atoms with E-state index in [1.807, 2.05) is 24.3 Å². The molecule has 138 valence electrons. The Morgan fingerprint density at radius 1 is 1.24 bits per heavy atom. The van der Waals surface area contributed by atoms with Crippen LogP contribution in [0, 0.1) is 5.92 Å². The predicted octanol–water partition coefficient (Wildman–Crippen LogP) is 2.37. The number of piperidine rings is 1. The number of nitrogens with one attached hydrogen (secondary N) is 1. The van der Waals surface area contributed by atoms with Crippen molar-refractivity contribution < 1.29 is 9.59 Å².